The van der Waals surface area contributed by atoms with Crippen LogP contribution in [0.5, 0.6) is 5.75 Å². The highest BCUT2D eigenvalue weighted by molar-refractivity contribution is 9.10. The molecule has 2 aromatic rings. The lowest BCUT2D eigenvalue weighted by Crippen LogP contribution is -2.18. The molecule has 0 amide bonds. The summed E-state index contributed by atoms with van der Waals surface area (Å²) < 4.78 is 11.1. The van der Waals surface area contributed by atoms with Gasteiger partial charge in [-0.3, -0.25) is 0 Å². The molecular formula is C17H16BrNO3. The van der Waals surface area contributed by atoms with Crippen LogP contribution in [0.2, 0.25) is 0 Å². The molecule has 0 heterocycles. The van der Waals surface area contributed by atoms with E-state index < -0.39 is 5.97 Å². The van der Waals surface area contributed by atoms with E-state index in [4.69, 9.17) is 9.47 Å². The third-order valence-electron chi connectivity index (χ3n) is 2.90. The van der Waals surface area contributed by atoms with E-state index in [1.165, 1.54) is 0 Å². The summed E-state index contributed by atoms with van der Waals surface area (Å²) in [6, 6.07) is 14.5. The predicted molar refractivity (Wildman–Crippen MR) is 90.0 cm³/mol. The molecule has 0 saturated heterocycles. The zero-order valence-electron chi connectivity index (χ0n) is 12.4. The van der Waals surface area contributed by atoms with Gasteiger partial charge in [0.1, 0.15) is 5.75 Å². The van der Waals surface area contributed by atoms with Gasteiger partial charge in [-0.05, 0) is 43.3 Å². The van der Waals surface area contributed by atoms with Crippen LogP contribution in [0.25, 0.3) is 0 Å². The van der Waals surface area contributed by atoms with E-state index in [9.17, 15) is 4.79 Å². The Kier molecular flexibility index (Phi) is 5.72. The van der Waals surface area contributed by atoms with Crippen LogP contribution < -0.4 is 4.74 Å². The maximum atomic E-state index is 12.2. The molecular weight excluding hydrogens is 346 g/mol. The minimum absolute atomic E-state index is 0.277. The fourth-order valence-electron chi connectivity index (χ4n) is 1.82. The fraction of sp³-hybridized carbons (Fsp3) is 0.176. The summed E-state index contributed by atoms with van der Waals surface area (Å²) in [7, 11) is 1.60. The van der Waals surface area contributed by atoms with E-state index in [1.807, 2.05) is 24.3 Å². The molecule has 0 radical (unpaired) electrons. The minimum Gasteiger partial charge on any atom is -0.497 e. The molecule has 0 N–H and O–H groups in total. The summed E-state index contributed by atoms with van der Waals surface area (Å²) in [5, 5.41) is 0. The number of methoxy groups -OCH3 is 1. The fourth-order valence-corrected chi connectivity index (χ4v) is 2.09. The average molecular weight is 362 g/mol. The summed E-state index contributed by atoms with van der Waals surface area (Å²) in [4.78, 5) is 16.6. The Morgan fingerprint density at radius 3 is 2.27 bits per heavy atom. The number of nitrogens with zero attached hydrogens (tertiary/aromatic N) is 1. The second-order valence-electron chi connectivity index (χ2n) is 4.39. The molecule has 114 valence electrons. The van der Waals surface area contributed by atoms with Gasteiger partial charge in [0, 0.05) is 10.0 Å². The Morgan fingerprint density at radius 1 is 1.09 bits per heavy atom. The van der Waals surface area contributed by atoms with Crippen molar-refractivity contribution >= 4 is 33.3 Å². The summed E-state index contributed by atoms with van der Waals surface area (Å²) in [6.45, 7) is 2.07. The molecule has 0 atom stereocenters. The molecule has 0 aliphatic carbocycles. The molecule has 0 spiro atoms. The van der Waals surface area contributed by atoms with Gasteiger partial charge in [-0.2, -0.15) is 0 Å². The minimum atomic E-state index is -0.444. The maximum Gasteiger partial charge on any atom is 0.357 e. The number of aliphatic imine (C=N–C) groups is 1. The van der Waals surface area contributed by atoms with Crippen molar-refractivity contribution in [2.24, 2.45) is 4.99 Å². The average Bonchev–Trinajstić information content (AvgIpc) is 2.54. The highest BCUT2D eigenvalue weighted by atomic mass is 79.9. The van der Waals surface area contributed by atoms with Gasteiger partial charge in [0.2, 0.25) is 0 Å². The van der Waals surface area contributed by atoms with Crippen LogP contribution in [0.15, 0.2) is 58.0 Å². The third kappa shape index (κ3) is 4.18. The van der Waals surface area contributed by atoms with Crippen LogP contribution >= 0.6 is 15.9 Å². The highest BCUT2D eigenvalue weighted by Gasteiger charge is 2.15. The Hall–Kier alpha value is -2.14. The largest absolute Gasteiger partial charge is 0.497 e. The molecule has 0 fully saturated rings. The lowest BCUT2D eigenvalue weighted by Gasteiger charge is -2.07. The molecule has 0 aliphatic rings. The predicted octanol–water partition coefficient (Wildman–Crippen LogP) is 4.14. The van der Waals surface area contributed by atoms with Crippen LogP contribution in [-0.2, 0) is 9.53 Å². The van der Waals surface area contributed by atoms with Gasteiger partial charge >= 0.3 is 5.97 Å². The second-order valence-corrected chi connectivity index (χ2v) is 5.30. The summed E-state index contributed by atoms with van der Waals surface area (Å²) >= 11 is 3.38. The molecule has 22 heavy (non-hydrogen) atoms. The standard InChI is InChI=1S/C17H16BrNO3/c1-3-22-17(20)16(12-4-6-13(18)7-5-12)19-14-8-10-15(21-2)11-9-14/h4-11H,3H2,1-2H3. The molecule has 0 aromatic heterocycles. The van der Waals surface area contributed by atoms with Crippen LogP contribution in [0.3, 0.4) is 0 Å². The zero-order valence-corrected chi connectivity index (χ0v) is 14.0. The van der Waals surface area contributed by atoms with Crippen molar-refractivity contribution in [3.63, 3.8) is 0 Å². The number of ether oxygens (including phenoxy) is 2. The molecule has 4 nitrogen and oxygen atoms in total. The summed E-state index contributed by atoms with van der Waals surface area (Å²) in [5.74, 6) is 0.293. The Labute approximate surface area is 137 Å². The third-order valence-corrected chi connectivity index (χ3v) is 3.43. The molecule has 0 aliphatic heterocycles. The molecule has 0 unspecified atom stereocenters. The number of esters is 1. The molecule has 2 aromatic carbocycles. The van der Waals surface area contributed by atoms with Crippen molar-refractivity contribution < 1.29 is 14.3 Å². The van der Waals surface area contributed by atoms with Crippen molar-refractivity contribution in [1.82, 2.24) is 0 Å². The number of hydrogen-bond donors (Lipinski definition) is 0. The number of carbonyl (C=O) groups excluding carboxylic acids is 1. The second kappa shape index (κ2) is 7.75. The van der Waals surface area contributed by atoms with E-state index in [0.717, 1.165) is 10.2 Å². The Morgan fingerprint density at radius 2 is 1.73 bits per heavy atom. The maximum absolute atomic E-state index is 12.2. The summed E-state index contributed by atoms with van der Waals surface area (Å²) in [6.07, 6.45) is 0. The quantitative estimate of drug-likeness (QED) is 0.593. The molecule has 0 saturated carbocycles. The van der Waals surface area contributed by atoms with E-state index in [0.29, 0.717) is 17.9 Å². The monoisotopic (exact) mass is 361 g/mol. The smallest absolute Gasteiger partial charge is 0.357 e. The molecule has 0 bridgehead atoms. The van der Waals surface area contributed by atoms with Gasteiger partial charge in [0.25, 0.3) is 0 Å². The number of hydrogen-bond acceptors (Lipinski definition) is 4. The van der Waals surface area contributed by atoms with Crippen LogP contribution in [0.4, 0.5) is 5.69 Å². The highest BCUT2D eigenvalue weighted by Crippen LogP contribution is 2.20. The van der Waals surface area contributed by atoms with Crippen molar-refractivity contribution in [2.75, 3.05) is 13.7 Å². The summed E-state index contributed by atoms with van der Waals surface area (Å²) in [5.41, 5.74) is 1.64. The van der Waals surface area contributed by atoms with Crippen LogP contribution in [-0.4, -0.2) is 25.4 Å². The number of halogens is 1. The zero-order chi connectivity index (χ0) is 15.9. The van der Waals surface area contributed by atoms with Gasteiger partial charge in [0.15, 0.2) is 5.71 Å². The van der Waals surface area contributed by atoms with Crippen molar-refractivity contribution in [3.8, 4) is 5.75 Å². The Bertz CT molecular complexity index is 663. The van der Waals surface area contributed by atoms with Gasteiger partial charge in [0.05, 0.1) is 19.4 Å². The van der Waals surface area contributed by atoms with Crippen LogP contribution in [0, 0.1) is 0 Å². The van der Waals surface area contributed by atoms with E-state index in [1.54, 1.807) is 38.3 Å². The number of rotatable bonds is 5. The Balaban J connectivity index is 2.40. The molecule has 5 heteroatoms. The van der Waals surface area contributed by atoms with Gasteiger partial charge in [-0.25, -0.2) is 9.79 Å². The van der Waals surface area contributed by atoms with Gasteiger partial charge < -0.3 is 9.47 Å². The first-order valence-electron chi connectivity index (χ1n) is 6.80. The van der Waals surface area contributed by atoms with E-state index in [2.05, 4.69) is 20.9 Å². The molecule has 2 rings (SSSR count). The lowest BCUT2D eigenvalue weighted by molar-refractivity contribution is -0.134. The van der Waals surface area contributed by atoms with Crippen molar-refractivity contribution in [1.29, 1.82) is 0 Å². The number of benzene rings is 2. The first-order chi connectivity index (χ1) is 10.6. The first-order valence-corrected chi connectivity index (χ1v) is 7.59. The van der Waals surface area contributed by atoms with Crippen molar-refractivity contribution in [3.05, 3.63) is 58.6 Å². The lowest BCUT2D eigenvalue weighted by atomic mass is 10.1. The number of carbonyl (C=O) groups is 1. The topological polar surface area (TPSA) is 47.9 Å². The van der Waals surface area contributed by atoms with E-state index in [-0.39, 0.29) is 5.71 Å². The SMILES string of the molecule is CCOC(=O)C(=Nc1ccc(OC)cc1)c1ccc(Br)cc1. The van der Waals surface area contributed by atoms with Gasteiger partial charge in [-0.15, -0.1) is 0 Å². The van der Waals surface area contributed by atoms with Gasteiger partial charge in [-0.1, -0.05) is 28.1 Å². The normalized spacial score (nSPS) is 11.1. The van der Waals surface area contributed by atoms with Crippen LogP contribution in [0.1, 0.15) is 12.5 Å². The first kappa shape index (κ1) is 16.2. The van der Waals surface area contributed by atoms with E-state index >= 15 is 0 Å². The van der Waals surface area contributed by atoms with Crippen molar-refractivity contribution in [2.45, 2.75) is 6.92 Å².